The zero-order valence-corrected chi connectivity index (χ0v) is 11.9. The summed E-state index contributed by atoms with van der Waals surface area (Å²) in [5.41, 5.74) is 8.18. The summed E-state index contributed by atoms with van der Waals surface area (Å²) in [6.45, 7) is 1.57. The number of oxime groups is 1. The van der Waals surface area contributed by atoms with Gasteiger partial charge in [0.25, 0.3) is 0 Å². The SMILES string of the molecule is COCCc1ccccc1NCC1(C/C(N)=N/O)CC1. The van der Waals surface area contributed by atoms with Crippen molar-refractivity contribution in [1.29, 1.82) is 0 Å². The van der Waals surface area contributed by atoms with Crippen LogP contribution in [0.4, 0.5) is 5.69 Å². The third-order valence-electron chi connectivity index (χ3n) is 3.89. The van der Waals surface area contributed by atoms with Crippen molar-refractivity contribution in [2.45, 2.75) is 25.7 Å². The van der Waals surface area contributed by atoms with Gasteiger partial charge in [-0.2, -0.15) is 0 Å². The van der Waals surface area contributed by atoms with Crippen molar-refractivity contribution in [2.75, 3.05) is 25.6 Å². The van der Waals surface area contributed by atoms with Crippen molar-refractivity contribution >= 4 is 11.5 Å². The predicted molar refractivity (Wildman–Crippen MR) is 80.2 cm³/mol. The smallest absolute Gasteiger partial charge is 0.139 e. The highest BCUT2D eigenvalue weighted by Gasteiger charge is 2.43. The van der Waals surface area contributed by atoms with Crippen LogP contribution in [0.25, 0.3) is 0 Å². The zero-order chi connectivity index (χ0) is 14.4. The Kier molecular flexibility index (Phi) is 4.84. The number of para-hydroxylation sites is 1. The van der Waals surface area contributed by atoms with Gasteiger partial charge in [-0.05, 0) is 36.3 Å². The highest BCUT2D eigenvalue weighted by Crippen LogP contribution is 2.48. The fourth-order valence-electron chi connectivity index (χ4n) is 2.42. The Labute approximate surface area is 119 Å². The summed E-state index contributed by atoms with van der Waals surface area (Å²) in [6.07, 6.45) is 3.79. The van der Waals surface area contributed by atoms with E-state index in [1.54, 1.807) is 7.11 Å². The summed E-state index contributed by atoms with van der Waals surface area (Å²) in [6, 6.07) is 8.27. The first kappa shape index (κ1) is 14.7. The summed E-state index contributed by atoms with van der Waals surface area (Å²) in [7, 11) is 1.71. The lowest BCUT2D eigenvalue weighted by molar-refractivity contribution is 0.202. The molecule has 4 N–H and O–H groups in total. The Morgan fingerprint density at radius 1 is 1.45 bits per heavy atom. The van der Waals surface area contributed by atoms with E-state index in [0.29, 0.717) is 18.9 Å². The second-order valence-corrected chi connectivity index (χ2v) is 5.52. The molecular weight excluding hydrogens is 254 g/mol. The van der Waals surface area contributed by atoms with Crippen LogP contribution >= 0.6 is 0 Å². The molecule has 0 unspecified atom stereocenters. The molecule has 110 valence electrons. The number of nitrogens with one attached hydrogen (secondary N) is 1. The molecule has 0 atom stereocenters. The number of methoxy groups -OCH3 is 1. The summed E-state index contributed by atoms with van der Waals surface area (Å²) in [4.78, 5) is 0. The standard InChI is InChI=1S/C15H23N3O2/c1-20-9-6-12-4-2-3-5-13(12)17-11-15(7-8-15)10-14(16)18-19/h2-5,17,19H,6-11H2,1H3,(H2,16,18). The van der Waals surface area contributed by atoms with E-state index in [4.69, 9.17) is 15.7 Å². The number of nitrogens with zero attached hydrogens (tertiary/aromatic N) is 1. The second kappa shape index (κ2) is 6.61. The maximum Gasteiger partial charge on any atom is 0.139 e. The van der Waals surface area contributed by atoms with Gasteiger partial charge >= 0.3 is 0 Å². The van der Waals surface area contributed by atoms with Crippen LogP contribution in [0.2, 0.25) is 0 Å². The summed E-state index contributed by atoms with van der Waals surface area (Å²) in [5.74, 6) is 0.317. The van der Waals surface area contributed by atoms with Crippen molar-refractivity contribution in [2.24, 2.45) is 16.3 Å². The molecule has 0 spiro atoms. The molecule has 20 heavy (non-hydrogen) atoms. The first-order valence-electron chi connectivity index (χ1n) is 6.96. The molecule has 0 bridgehead atoms. The fraction of sp³-hybridized carbons (Fsp3) is 0.533. The average molecular weight is 277 g/mol. The highest BCUT2D eigenvalue weighted by atomic mass is 16.5. The van der Waals surface area contributed by atoms with Gasteiger partial charge in [0.2, 0.25) is 0 Å². The molecule has 1 aromatic rings. The molecule has 1 saturated carbocycles. The molecule has 2 rings (SSSR count). The lowest BCUT2D eigenvalue weighted by atomic mass is 10.0. The number of nitrogens with two attached hydrogens (primary N) is 1. The number of benzene rings is 1. The first-order chi connectivity index (χ1) is 9.69. The third kappa shape index (κ3) is 3.87. The Morgan fingerprint density at radius 2 is 2.20 bits per heavy atom. The largest absolute Gasteiger partial charge is 0.409 e. The van der Waals surface area contributed by atoms with Gasteiger partial charge in [-0.25, -0.2) is 0 Å². The molecule has 0 heterocycles. The van der Waals surface area contributed by atoms with Gasteiger partial charge in [0.1, 0.15) is 5.84 Å². The van der Waals surface area contributed by atoms with Gasteiger partial charge in [0.05, 0.1) is 6.61 Å². The van der Waals surface area contributed by atoms with E-state index in [-0.39, 0.29) is 5.41 Å². The summed E-state index contributed by atoms with van der Waals surface area (Å²) in [5, 5.41) is 15.3. The minimum absolute atomic E-state index is 0.157. The molecule has 1 aliphatic rings. The van der Waals surface area contributed by atoms with E-state index in [2.05, 4.69) is 22.6 Å². The van der Waals surface area contributed by atoms with Gasteiger partial charge in [-0.15, -0.1) is 0 Å². The van der Waals surface area contributed by atoms with E-state index in [1.165, 1.54) is 5.56 Å². The monoisotopic (exact) mass is 277 g/mol. The van der Waals surface area contributed by atoms with Crippen LogP contribution in [-0.2, 0) is 11.2 Å². The molecule has 5 nitrogen and oxygen atoms in total. The van der Waals surface area contributed by atoms with Gasteiger partial charge < -0.3 is 21.0 Å². The number of ether oxygens (including phenoxy) is 1. The number of anilines is 1. The molecule has 1 fully saturated rings. The second-order valence-electron chi connectivity index (χ2n) is 5.52. The molecule has 1 aromatic carbocycles. The van der Waals surface area contributed by atoms with Crippen molar-refractivity contribution < 1.29 is 9.94 Å². The molecule has 0 radical (unpaired) electrons. The van der Waals surface area contributed by atoms with Crippen molar-refractivity contribution in [3.63, 3.8) is 0 Å². The van der Waals surface area contributed by atoms with Crippen LogP contribution in [0, 0.1) is 5.41 Å². The number of hydrogen-bond acceptors (Lipinski definition) is 4. The number of amidine groups is 1. The first-order valence-corrected chi connectivity index (χ1v) is 6.96. The van der Waals surface area contributed by atoms with Crippen LogP contribution in [0.3, 0.4) is 0 Å². The van der Waals surface area contributed by atoms with E-state index in [0.717, 1.165) is 31.5 Å². The fourth-order valence-corrected chi connectivity index (χ4v) is 2.42. The Balaban J connectivity index is 1.94. The lowest BCUT2D eigenvalue weighted by Gasteiger charge is -2.18. The molecule has 0 aromatic heterocycles. The average Bonchev–Trinajstić information content (AvgIpc) is 3.23. The Morgan fingerprint density at radius 3 is 2.85 bits per heavy atom. The van der Waals surface area contributed by atoms with Gasteiger partial charge in [-0.1, -0.05) is 23.4 Å². The third-order valence-corrected chi connectivity index (χ3v) is 3.89. The maximum atomic E-state index is 8.68. The summed E-state index contributed by atoms with van der Waals surface area (Å²) >= 11 is 0. The Hall–Kier alpha value is -1.75. The minimum atomic E-state index is 0.157. The van der Waals surface area contributed by atoms with Crippen molar-refractivity contribution in [3.05, 3.63) is 29.8 Å². The minimum Gasteiger partial charge on any atom is -0.409 e. The number of hydrogen-bond donors (Lipinski definition) is 3. The van der Waals surface area contributed by atoms with Crippen LogP contribution < -0.4 is 11.1 Å². The molecule has 0 aliphatic heterocycles. The quantitative estimate of drug-likeness (QED) is 0.294. The predicted octanol–water partition coefficient (Wildman–Crippen LogP) is 2.20. The zero-order valence-electron chi connectivity index (χ0n) is 11.9. The highest BCUT2D eigenvalue weighted by molar-refractivity contribution is 5.80. The van der Waals surface area contributed by atoms with Crippen LogP contribution in [0.1, 0.15) is 24.8 Å². The van der Waals surface area contributed by atoms with E-state index >= 15 is 0 Å². The van der Waals surface area contributed by atoms with Crippen LogP contribution in [0.15, 0.2) is 29.4 Å². The van der Waals surface area contributed by atoms with E-state index < -0.39 is 0 Å². The maximum absolute atomic E-state index is 8.68. The van der Waals surface area contributed by atoms with Crippen LogP contribution in [0.5, 0.6) is 0 Å². The van der Waals surface area contributed by atoms with Gasteiger partial charge in [0.15, 0.2) is 0 Å². The van der Waals surface area contributed by atoms with Crippen LogP contribution in [-0.4, -0.2) is 31.3 Å². The number of rotatable bonds is 8. The van der Waals surface area contributed by atoms with Crippen molar-refractivity contribution in [1.82, 2.24) is 0 Å². The normalized spacial score (nSPS) is 16.9. The molecule has 5 heteroatoms. The topological polar surface area (TPSA) is 79.9 Å². The molecule has 0 amide bonds. The molecule has 0 saturated heterocycles. The lowest BCUT2D eigenvalue weighted by Crippen LogP contribution is -2.24. The van der Waals surface area contributed by atoms with Gasteiger partial charge in [-0.3, -0.25) is 0 Å². The Bertz CT molecular complexity index is 470. The molecular formula is C15H23N3O2. The van der Waals surface area contributed by atoms with Crippen molar-refractivity contribution in [3.8, 4) is 0 Å². The van der Waals surface area contributed by atoms with Gasteiger partial charge in [0, 0.05) is 25.8 Å². The van der Waals surface area contributed by atoms with E-state index in [1.807, 2.05) is 12.1 Å². The van der Waals surface area contributed by atoms with E-state index in [9.17, 15) is 0 Å². The molecule has 1 aliphatic carbocycles. The summed E-state index contributed by atoms with van der Waals surface area (Å²) < 4.78 is 5.14.